The number of hydrogen-bond donors (Lipinski definition) is 2. The van der Waals surface area contributed by atoms with E-state index in [0.29, 0.717) is 12.2 Å². The molecule has 0 aliphatic heterocycles. The summed E-state index contributed by atoms with van der Waals surface area (Å²) in [4.78, 5) is 22.4. The molecule has 0 aromatic carbocycles. The number of rotatable bonds is 12. The zero-order valence-electron chi connectivity index (χ0n) is 13.8. The topological polar surface area (TPSA) is 74.6 Å². The number of ketones is 1. The molecule has 0 amide bonds. The van der Waals surface area contributed by atoms with E-state index in [4.69, 9.17) is 10.2 Å². The second-order valence-corrected chi connectivity index (χ2v) is 6.63. The summed E-state index contributed by atoms with van der Waals surface area (Å²) in [6.45, 7) is 5.97. The minimum absolute atomic E-state index is 0.0528. The van der Waals surface area contributed by atoms with Gasteiger partial charge in [0.2, 0.25) is 0 Å². The molecule has 1 unspecified atom stereocenters. The fraction of sp³-hybridized carbons (Fsp3) is 0.647. The Hall–Kier alpha value is -1.07. The van der Waals surface area contributed by atoms with Crippen LogP contribution >= 0.6 is 11.8 Å². The lowest BCUT2D eigenvalue weighted by molar-refractivity contribution is -0.134. The van der Waals surface area contributed by atoms with Gasteiger partial charge in [0.1, 0.15) is 5.78 Å². The summed E-state index contributed by atoms with van der Waals surface area (Å²) in [5, 5.41) is 17.3. The van der Waals surface area contributed by atoms with Crippen molar-refractivity contribution in [2.24, 2.45) is 5.92 Å². The normalized spacial score (nSPS) is 14.0. The summed E-state index contributed by atoms with van der Waals surface area (Å²) in [6, 6.07) is 0. The van der Waals surface area contributed by atoms with Crippen LogP contribution in [0.25, 0.3) is 0 Å². The van der Waals surface area contributed by atoms with Crippen molar-refractivity contribution in [1.29, 1.82) is 0 Å². The predicted octanol–water partition coefficient (Wildman–Crippen LogP) is 3.45. The lowest BCUT2D eigenvalue weighted by atomic mass is 10.0. The fourth-order valence-electron chi connectivity index (χ4n) is 1.89. The van der Waals surface area contributed by atoms with E-state index in [9.17, 15) is 9.59 Å². The monoisotopic (exact) mass is 328 g/mol. The van der Waals surface area contributed by atoms with Gasteiger partial charge in [0, 0.05) is 18.1 Å². The van der Waals surface area contributed by atoms with Gasteiger partial charge < -0.3 is 10.2 Å². The van der Waals surface area contributed by atoms with Crippen LogP contribution in [-0.4, -0.2) is 40.1 Å². The Labute approximate surface area is 137 Å². The molecule has 0 rings (SSSR count). The van der Waals surface area contributed by atoms with Crippen molar-refractivity contribution < 1.29 is 19.8 Å². The first-order valence-electron chi connectivity index (χ1n) is 7.61. The molecule has 0 heterocycles. The van der Waals surface area contributed by atoms with Gasteiger partial charge >= 0.3 is 5.97 Å². The zero-order chi connectivity index (χ0) is 17.0. The maximum Gasteiger partial charge on any atom is 0.313 e. The molecule has 22 heavy (non-hydrogen) atoms. The van der Waals surface area contributed by atoms with Crippen LogP contribution in [0.2, 0.25) is 0 Å². The molecule has 0 saturated carbocycles. The Bertz CT molecular complexity index is 413. The van der Waals surface area contributed by atoms with Gasteiger partial charge in [0.25, 0.3) is 0 Å². The number of aliphatic hydroxyl groups is 1. The Morgan fingerprint density at radius 1 is 1.09 bits per heavy atom. The van der Waals surface area contributed by atoms with Crippen molar-refractivity contribution >= 4 is 23.5 Å². The van der Waals surface area contributed by atoms with Crippen LogP contribution < -0.4 is 0 Å². The van der Waals surface area contributed by atoms with E-state index in [-0.39, 0.29) is 24.1 Å². The largest absolute Gasteiger partial charge is 0.481 e. The average Bonchev–Trinajstić information content (AvgIpc) is 2.44. The number of carboxylic acid groups (broad SMARTS) is 1. The van der Waals surface area contributed by atoms with E-state index in [1.54, 1.807) is 0 Å². The van der Waals surface area contributed by atoms with Crippen molar-refractivity contribution in [1.82, 2.24) is 0 Å². The molecule has 0 aliphatic carbocycles. The van der Waals surface area contributed by atoms with E-state index in [1.807, 2.05) is 26.8 Å². The van der Waals surface area contributed by atoms with Crippen LogP contribution in [0.15, 0.2) is 23.3 Å². The number of allylic oxidation sites excluding steroid dienone is 3. The molecule has 4 nitrogen and oxygen atoms in total. The van der Waals surface area contributed by atoms with Crippen LogP contribution in [-0.2, 0) is 9.59 Å². The highest BCUT2D eigenvalue weighted by atomic mass is 32.2. The summed E-state index contributed by atoms with van der Waals surface area (Å²) in [6.07, 6.45) is 7.08. The van der Waals surface area contributed by atoms with Crippen LogP contribution in [0.1, 0.15) is 46.5 Å². The number of thioether (sulfide) groups is 1. The van der Waals surface area contributed by atoms with Gasteiger partial charge in [-0.1, -0.05) is 30.2 Å². The van der Waals surface area contributed by atoms with Crippen molar-refractivity contribution in [3.05, 3.63) is 23.3 Å². The smallest absolute Gasteiger partial charge is 0.313 e. The highest BCUT2D eigenvalue weighted by Gasteiger charge is 2.13. The Kier molecular flexibility index (Phi) is 11.9. The van der Waals surface area contributed by atoms with E-state index in [2.05, 4.69) is 6.08 Å². The molecule has 0 aromatic rings. The first-order chi connectivity index (χ1) is 10.4. The average molecular weight is 328 g/mol. The summed E-state index contributed by atoms with van der Waals surface area (Å²) >= 11 is 1.29. The van der Waals surface area contributed by atoms with Gasteiger partial charge in [-0.05, 0) is 33.1 Å². The van der Waals surface area contributed by atoms with Gasteiger partial charge in [-0.25, -0.2) is 0 Å². The summed E-state index contributed by atoms with van der Waals surface area (Å²) in [5.41, 5.74) is 2.38. The van der Waals surface area contributed by atoms with Crippen LogP contribution in [0.3, 0.4) is 0 Å². The highest BCUT2D eigenvalue weighted by molar-refractivity contribution is 7.99. The second-order valence-electron chi connectivity index (χ2n) is 5.60. The maximum atomic E-state index is 12.0. The number of carbonyl (C=O) groups is 2. The summed E-state index contributed by atoms with van der Waals surface area (Å²) in [7, 11) is 0. The third-order valence-corrected chi connectivity index (χ3v) is 4.57. The molecule has 5 heteroatoms. The molecule has 0 aromatic heterocycles. The SMILES string of the molecule is C/C(=C/CC/C(C)=C/CO)CCC(=O)C(C)CSCC(=O)O. The molecule has 1 atom stereocenters. The Balaban J connectivity index is 3.97. The fourth-order valence-corrected chi connectivity index (χ4v) is 2.72. The summed E-state index contributed by atoms with van der Waals surface area (Å²) < 4.78 is 0. The lowest BCUT2D eigenvalue weighted by Gasteiger charge is -2.09. The van der Waals surface area contributed by atoms with Crippen molar-refractivity contribution in [3.63, 3.8) is 0 Å². The van der Waals surface area contributed by atoms with Gasteiger partial charge in [0.05, 0.1) is 12.4 Å². The molecule has 0 radical (unpaired) electrons. The molecule has 0 aliphatic rings. The minimum Gasteiger partial charge on any atom is -0.481 e. The van der Waals surface area contributed by atoms with Crippen LogP contribution in [0, 0.1) is 5.92 Å². The number of carbonyl (C=O) groups excluding carboxylic acids is 1. The first kappa shape index (κ1) is 20.9. The number of aliphatic hydroxyl groups excluding tert-OH is 1. The Morgan fingerprint density at radius 2 is 1.73 bits per heavy atom. The number of hydrogen-bond acceptors (Lipinski definition) is 4. The molecule has 0 saturated heterocycles. The molecular weight excluding hydrogens is 300 g/mol. The minimum atomic E-state index is -0.839. The molecule has 2 N–H and O–H groups in total. The Morgan fingerprint density at radius 3 is 2.32 bits per heavy atom. The number of carboxylic acids is 1. The number of Topliss-reactive ketones (excluding diaryl/α,β-unsaturated/α-hetero) is 1. The molecular formula is C17H28O4S. The van der Waals surface area contributed by atoms with Crippen LogP contribution in [0.4, 0.5) is 0 Å². The first-order valence-corrected chi connectivity index (χ1v) is 8.76. The molecule has 0 spiro atoms. The standard InChI is InChI=1S/C17H28O4S/c1-13(5-4-6-14(2)9-10-18)7-8-16(19)15(3)11-22-12-17(20)21/h5,9,15,18H,4,6-8,10-12H2,1-3H3,(H,20,21)/b13-5-,14-9+. The van der Waals surface area contributed by atoms with Crippen LogP contribution in [0.5, 0.6) is 0 Å². The van der Waals surface area contributed by atoms with Gasteiger partial charge in [-0.3, -0.25) is 9.59 Å². The highest BCUT2D eigenvalue weighted by Crippen LogP contribution is 2.15. The molecule has 0 bridgehead atoms. The summed E-state index contributed by atoms with van der Waals surface area (Å²) in [5.74, 6) is -0.112. The van der Waals surface area contributed by atoms with Crippen molar-refractivity contribution in [3.8, 4) is 0 Å². The quantitative estimate of drug-likeness (QED) is 0.537. The van der Waals surface area contributed by atoms with Crippen molar-refractivity contribution in [2.75, 3.05) is 18.1 Å². The van der Waals surface area contributed by atoms with E-state index in [0.717, 1.165) is 19.3 Å². The maximum absolute atomic E-state index is 12.0. The van der Waals surface area contributed by atoms with Gasteiger partial charge in [-0.2, -0.15) is 0 Å². The number of aliphatic carboxylic acids is 1. The predicted molar refractivity (Wildman–Crippen MR) is 92.2 cm³/mol. The molecule has 126 valence electrons. The van der Waals surface area contributed by atoms with E-state index in [1.165, 1.54) is 22.9 Å². The lowest BCUT2D eigenvalue weighted by Crippen LogP contribution is -2.14. The zero-order valence-corrected chi connectivity index (χ0v) is 14.6. The second kappa shape index (κ2) is 12.5. The van der Waals surface area contributed by atoms with E-state index >= 15 is 0 Å². The molecule has 0 fully saturated rings. The van der Waals surface area contributed by atoms with Gasteiger partial charge in [0.15, 0.2) is 0 Å². The third-order valence-electron chi connectivity index (χ3n) is 3.38. The van der Waals surface area contributed by atoms with Gasteiger partial charge in [-0.15, -0.1) is 11.8 Å². The van der Waals surface area contributed by atoms with Crippen molar-refractivity contribution in [2.45, 2.75) is 46.5 Å². The van der Waals surface area contributed by atoms with E-state index < -0.39 is 5.97 Å². The third kappa shape index (κ3) is 11.6.